The third kappa shape index (κ3) is 33.7. The van der Waals surface area contributed by atoms with Gasteiger partial charge in [0, 0.05) is 13.2 Å². The van der Waals surface area contributed by atoms with Crippen molar-refractivity contribution in [1.29, 1.82) is 0 Å². The lowest BCUT2D eigenvalue weighted by molar-refractivity contribution is 0.129. The maximum Gasteiger partial charge on any atom is 0.0478 e. The number of hydrogen-bond acceptors (Lipinski definition) is 5. The molecule has 0 aliphatic rings. The smallest absolute Gasteiger partial charge is 0.0478 e. The summed E-state index contributed by atoms with van der Waals surface area (Å²) in [5, 5.41) is 6.65. The fourth-order valence-electron chi connectivity index (χ4n) is 1.40. The van der Waals surface area contributed by atoms with Crippen LogP contribution in [0.15, 0.2) is 0 Å². The van der Waals surface area contributed by atoms with Crippen molar-refractivity contribution >= 4 is 49.6 Å². The number of ether oxygens (including phenoxy) is 1. The largest absolute Gasteiger partial charge is 0.381 e. The quantitative estimate of drug-likeness (QED) is 0.336. The van der Waals surface area contributed by atoms with Gasteiger partial charge in [-0.15, -0.1) is 49.6 Å². The number of nitrogens with one attached hydrogen (secondary N) is 2. The van der Waals surface area contributed by atoms with Gasteiger partial charge in [0.05, 0.1) is 0 Å². The lowest BCUT2D eigenvalue weighted by Gasteiger charge is -2.06. The van der Waals surface area contributed by atoms with Crippen molar-refractivity contribution in [1.82, 2.24) is 10.6 Å². The molecule has 0 spiro atoms. The molecule has 5 nitrogen and oxygen atoms in total. The molecule has 6 N–H and O–H groups in total. The molecule has 0 heterocycles. The number of halogens is 4. The zero-order valence-electron chi connectivity index (χ0n) is 12.7. The highest BCUT2D eigenvalue weighted by molar-refractivity contribution is 5.86. The summed E-state index contributed by atoms with van der Waals surface area (Å²) >= 11 is 0. The Bertz CT molecular complexity index is 136. The second kappa shape index (κ2) is 32.8. The number of nitrogens with two attached hydrogens (primary N) is 2. The van der Waals surface area contributed by atoms with Gasteiger partial charge in [-0.25, -0.2) is 0 Å². The van der Waals surface area contributed by atoms with Crippen LogP contribution >= 0.6 is 49.6 Å². The molecule has 21 heavy (non-hydrogen) atoms. The van der Waals surface area contributed by atoms with Crippen LogP contribution in [-0.2, 0) is 4.74 Å². The Morgan fingerprint density at radius 3 is 1.24 bits per heavy atom. The molecular weight excluding hydrogens is 358 g/mol. The Morgan fingerprint density at radius 1 is 0.571 bits per heavy atom. The van der Waals surface area contributed by atoms with Gasteiger partial charge in [-0.05, 0) is 65.0 Å². The molecule has 0 fully saturated rings. The van der Waals surface area contributed by atoms with Crippen LogP contribution in [0.1, 0.15) is 25.7 Å². The zero-order valence-corrected chi connectivity index (χ0v) is 15.9. The summed E-state index contributed by atoms with van der Waals surface area (Å²) in [6.45, 7) is 7.30. The van der Waals surface area contributed by atoms with Crippen LogP contribution in [0.25, 0.3) is 0 Å². The van der Waals surface area contributed by atoms with Crippen molar-refractivity contribution in [3.63, 3.8) is 0 Å². The first-order valence-corrected chi connectivity index (χ1v) is 6.81. The maximum atomic E-state index is 5.52. The third-order valence-corrected chi connectivity index (χ3v) is 2.40. The summed E-state index contributed by atoms with van der Waals surface area (Å²) in [5.41, 5.74) is 10.8. The van der Waals surface area contributed by atoms with Crippen LogP contribution in [0.4, 0.5) is 0 Å². The van der Waals surface area contributed by atoms with E-state index in [1.54, 1.807) is 0 Å². The van der Waals surface area contributed by atoms with E-state index in [9.17, 15) is 0 Å². The van der Waals surface area contributed by atoms with E-state index in [0.717, 1.165) is 78.2 Å². The monoisotopic (exact) mass is 390 g/mol. The van der Waals surface area contributed by atoms with Gasteiger partial charge >= 0.3 is 0 Å². The molecule has 0 amide bonds. The van der Waals surface area contributed by atoms with E-state index < -0.39 is 0 Å². The molecule has 136 valence electrons. The minimum absolute atomic E-state index is 0. The van der Waals surface area contributed by atoms with Crippen molar-refractivity contribution in [3.8, 4) is 0 Å². The van der Waals surface area contributed by atoms with E-state index >= 15 is 0 Å². The minimum atomic E-state index is 0. The molecule has 0 aliphatic heterocycles. The van der Waals surface area contributed by atoms with Gasteiger partial charge in [-0.3, -0.25) is 0 Å². The standard InChI is InChI=1S/C12H30N4O.4ClH/c13-5-1-7-15-9-3-11-17-12-4-10-16-8-2-6-14;;;;/h15-16H,1-14H2;4*1H. The molecule has 0 aromatic carbocycles. The molecule has 0 saturated heterocycles. The molecule has 0 aliphatic carbocycles. The fraction of sp³-hybridized carbons (Fsp3) is 1.00. The molecule has 0 atom stereocenters. The Labute approximate surface area is 154 Å². The molecule has 0 rings (SSSR count). The first-order valence-electron chi connectivity index (χ1n) is 6.81. The average molecular weight is 392 g/mol. The Morgan fingerprint density at radius 2 is 0.905 bits per heavy atom. The van der Waals surface area contributed by atoms with E-state index in [-0.39, 0.29) is 49.6 Å². The summed E-state index contributed by atoms with van der Waals surface area (Å²) in [7, 11) is 0. The molecule has 0 aromatic heterocycles. The molecule has 9 heteroatoms. The predicted molar refractivity (Wildman–Crippen MR) is 102 cm³/mol. The van der Waals surface area contributed by atoms with E-state index in [4.69, 9.17) is 16.2 Å². The molecule has 0 saturated carbocycles. The lowest BCUT2D eigenvalue weighted by Crippen LogP contribution is -2.21. The first-order chi connectivity index (χ1) is 8.41. The molecule has 0 unspecified atom stereocenters. The summed E-state index contributed by atoms with van der Waals surface area (Å²) in [6, 6.07) is 0. The van der Waals surface area contributed by atoms with Crippen molar-refractivity contribution in [2.75, 3.05) is 52.5 Å². The van der Waals surface area contributed by atoms with E-state index in [0.29, 0.717) is 0 Å². The fourth-order valence-corrected chi connectivity index (χ4v) is 1.40. The molecule has 0 bridgehead atoms. The van der Waals surface area contributed by atoms with Crippen molar-refractivity contribution in [2.45, 2.75) is 25.7 Å². The first kappa shape index (κ1) is 33.5. The molecule has 0 radical (unpaired) electrons. The minimum Gasteiger partial charge on any atom is -0.381 e. The van der Waals surface area contributed by atoms with Gasteiger partial charge in [-0.2, -0.15) is 0 Å². The van der Waals surface area contributed by atoms with Crippen LogP contribution in [0.2, 0.25) is 0 Å². The summed E-state index contributed by atoms with van der Waals surface area (Å²) in [4.78, 5) is 0. The SMILES string of the molecule is Cl.Cl.Cl.Cl.NCCCNCCCOCCCNCCCN. The van der Waals surface area contributed by atoms with Crippen molar-refractivity contribution in [3.05, 3.63) is 0 Å². The highest BCUT2D eigenvalue weighted by Crippen LogP contribution is 1.85. The van der Waals surface area contributed by atoms with Crippen LogP contribution in [0.3, 0.4) is 0 Å². The summed E-state index contributed by atoms with van der Waals surface area (Å²) in [6.07, 6.45) is 4.25. The maximum absolute atomic E-state index is 5.52. The van der Waals surface area contributed by atoms with Crippen molar-refractivity contribution < 1.29 is 4.74 Å². The van der Waals surface area contributed by atoms with E-state index in [2.05, 4.69) is 10.6 Å². The lowest BCUT2D eigenvalue weighted by atomic mass is 10.4. The average Bonchev–Trinajstić information content (AvgIpc) is 2.35. The van der Waals surface area contributed by atoms with Gasteiger partial charge < -0.3 is 26.8 Å². The van der Waals surface area contributed by atoms with Gasteiger partial charge in [0.2, 0.25) is 0 Å². The number of rotatable bonds is 14. The third-order valence-electron chi connectivity index (χ3n) is 2.40. The predicted octanol–water partition coefficient (Wildman–Crippen LogP) is 1.35. The zero-order chi connectivity index (χ0) is 12.6. The van der Waals surface area contributed by atoms with Gasteiger partial charge in [-0.1, -0.05) is 0 Å². The Kier molecular flexibility index (Phi) is 52.4. The van der Waals surface area contributed by atoms with Gasteiger partial charge in [0.1, 0.15) is 0 Å². The van der Waals surface area contributed by atoms with E-state index in [1.165, 1.54) is 0 Å². The van der Waals surface area contributed by atoms with Crippen LogP contribution in [-0.4, -0.2) is 52.5 Å². The van der Waals surface area contributed by atoms with Gasteiger partial charge in [0.25, 0.3) is 0 Å². The Balaban J connectivity index is -0.000000213. The summed E-state index contributed by atoms with van der Waals surface area (Å²) in [5.74, 6) is 0. The molecule has 0 aromatic rings. The second-order valence-corrected chi connectivity index (χ2v) is 4.10. The van der Waals surface area contributed by atoms with Crippen LogP contribution in [0.5, 0.6) is 0 Å². The van der Waals surface area contributed by atoms with Crippen LogP contribution < -0.4 is 22.1 Å². The highest BCUT2D eigenvalue weighted by Gasteiger charge is 1.91. The normalized spacial score (nSPS) is 8.86. The topological polar surface area (TPSA) is 85.3 Å². The second-order valence-electron chi connectivity index (χ2n) is 4.10. The molecular formula is C12H34Cl4N4O. The summed E-state index contributed by atoms with van der Waals surface area (Å²) < 4.78 is 5.52. The Hall–Kier alpha value is 0.960. The highest BCUT2D eigenvalue weighted by atomic mass is 35.5. The van der Waals surface area contributed by atoms with Crippen LogP contribution in [0, 0.1) is 0 Å². The van der Waals surface area contributed by atoms with E-state index in [1.807, 2.05) is 0 Å². The van der Waals surface area contributed by atoms with Crippen molar-refractivity contribution in [2.24, 2.45) is 11.5 Å². The van der Waals surface area contributed by atoms with Gasteiger partial charge in [0.15, 0.2) is 0 Å². The number of hydrogen-bond donors (Lipinski definition) is 4.